The SMILES string of the molecule is CCN(Cc1ccc(-n2ccc(N)nc2=O)cc1C)[C@H]1CC[C@H](N)CC1. The Morgan fingerprint density at radius 2 is 1.96 bits per heavy atom. The zero-order valence-corrected chi connectivity index (χ0v) is 15.7. The van der Waals surface area contributed by atoms with Gasteiger partial charge in [0.15, 0.2) is 0 Å². The van der Waals surface area contributed by atoms with Gasteiger partial charge in [-0.3, -0.25) is 9.47 Å². The van der Waals surface area contributed by atoms with Gasteiger partial charge in [-0.1, -0.05) is 13.0 Å². The minimum Gasteiger partial charge on any atom is -0.383 e. The van der Waals surface area contributed by atoms with Gasteiger partial charge < -0.3 is 11.5 Å². The summed E-state index contributed by atoms with van der Waals surface area (Å²) in [6.45, 7) is 6.27. The van der Waals surface area contributed by atoms with Crippen LogP contribution < -0.4 is 17.2 Å². The molecule has 1 aliphatic rings. The van der Waals surface area contributed by atoms with Gasteiger partial charge in [-0.25, -0.2) is 4.79 Å². The standard InChI is InChI=1S/C20H29N5O/c1-3-24(17-8-5-16(21)6-9-17)13-15-4-7-18(12-14(15)2)25-11-10-19(22)23-20(25)26/h4,7,10-12,16-17H,3,5-6,8-9,13,21H2,1-2H3,(H2,22,23,26)/t16-,17-. The van der Waals surface area contributed by atoms with Crippen LogP contribution in [-0.4, -0.2) is 33.1 Å². The van der Waals surface area contributed by atoms with Crippen molar-refractivity contribution in [1.82, 2.24) is 14.5 Å². The minimum absolute atomic E-state index is 0.241. The average molecular weight is 355 g/mol. The summed E-state index contributed by atoms with van der Waals surface area (Å²) in [6.07, 6.45) is 6.26. The first-order chi connectivity index (χ1) is 12.5. The normalized spacial score (nSPS) is 20.5. The number of nitrogens with two attached hydrogens (primary N) is 2. The largest absolute Gasteiger partial charge is 0.383 e. The maximum Gasteiger partial charge on any atom is 0.354 e. The molecule has 0 amide bonds. The zero-order chi connectivity index (χ0) is 18.7. The average Bonchev–Trinajstić information content (AvgIpc) is 2.62. The van der Waals surface area contributed by atoms with Crippen molar-refractivity contribution in [3.05, 3.63) is 52.1 Å². The van der Waals surface area contributed by atoms with Crippen LogP contribution in [0.25, 0.3) is 5.69 Å². The van der Waals surface area contributed by atoms with Crippen LogP contribution in [-0.2, 0) is 6.54 Å². The van der Waals surface area contributed by atoms with Crippen LogP contribution in [0.15, 0.2) is 35.3 Å². The highest BCUT2D eigenvalue weighted by Crippen LogP contribution is 2.24. The molecule has 0 saturated heterocycles. The minimum atomic E-state index is -0.356. The van der Waals surface area contributed by atoms with E-state index in [-0.39, 0.29) is 11.5 Å². The van der Waals surface area contributed by atoms with Crippen LogP contribution in [0.5, 0.6) is 0 Å². The van der Waals surface area contributed by atoms with Crippen molar-refractivity contribution < 1.29 is 0 Å². The van der Waals surface area contributed by atoms with E-state index < -0.39 is 0 Å². The molecule has 0 bridgehead atoms. The second-order valence-corrected chi connectivity index (χ2v) is 7.25. The molecule has 0 atom stereocenters. The molecule has 6 nitrogen and oxygen atoms in total. The predicted molar refractivity (Wildman–Crippen MR) is 105 cm³/mol. The third kappa shape index (κ3) is 4.14. The number of benzene rings is 1. The number of rotatable bonds is 5. The van der Waals surface area contributed by atoms with Gasteiger partial charge in [0.1, 0.15) is 5.82 Å². The molecule has 0 radical (unpaired) electrons. The molecule has 1 aliphatic carbocycles. The molecule has 0 unspecified atom stereocenters. The molecule has 0 spiro atoms. The van der Waals surface area contributed by atoms with E-state index in [4.69, 9.17) is 11.5 Å². The predicted octanol–water partition coefficient (Wildman–Crippen LogP) is 2.21. The van der Waals surface area contributed by atoms with Gasteiger partial charge in [-0.2, -0.15) is 4.98 Å². The second-order valence-electron chi connectivity index (χ2n) is 7.25. The van der Waals surface area contributed by atoms with Gasteiger partial charge in [0.25, 0.3) is 0 Å². The Hall–Kier alpha value is -2.18. The quantitative estimate of drug-likeness (QED) is 0.858. The van der Waals surface area contributed by atoms with Crippen LogP contribution in [0.1, 0.15) is 43.7 Å². The Bertz CT molecular complexity index is 808. The Balaban J connectivity index is 1.77. The van der Waals surface area contributed by atoms with Crippen LogP contribution in [0.4, 0.5) is 5.82 Å². The number of hydrogen-bond donors (Lipinski definition) is 2. The highest BCUT2D eigenvalue weighted by atomic mass is 16.1. The lowest BCUT2D eigenvalue weighted by Gasteiger charge is -2.35. The number of nitrogens with zero attached hydrogens (tertiary/aromatic N) is 3. The molecule has 1 saturated carbocycles. The van der Waals surface area contributed by atoms with Crippen LogP contribution >= 0.6 is 0 Å². The van der Waals surface area contributed by atoms with Crippen molar-refractivity contribution in [2.45, 2.75) is 58.2 Å². The molecule has 2 aromatic rings. The summed E-state index contributed by atoms with van der Waals surface area (Å²) in [5.41, 5.74) is 14.6. The molecule has 1 aromatic heterocycles. The first-order valence-electron chi connectivity index (χ1n) is 9.42. The zero-order valence-electron chi connectivity index (χ0n) is 15.7. The van der Waals surface area contributed by atoms with Gasteiger partial charge in [-0.05, 0) is 68.5 Å². The maximum absolute atomic E-state index is 12.0. The van der Waals surface area contributed by atoms with Crippen LogP contribution in [0.3, 0.4) is 0 Å². The van der Waals surface area contributed by atoms with Crippen LogP contribution in [0.2, 0.25) is 0 Å². The molecular formula is C20H29N5O. The van der Waals surface area contributed by atoms with Crippen molar-refractivity contribution in [3.8, 4) is 5.69 Å². The fourth-order valence-electron chi connectivity index (χ4n) is 3.80. The lowest BCUT2D eigenvalue weighted by Crippen LogP contribution is -2.40. The summed E-state index contributed by atoms with van der Waals surface area (Å²) in [7, 11) is 0. The molecule has 4 N–H and O–H groups in total. The molecule has 6 heteroatoms. The number of nitrogen functional groups attached to an aromatic ring is 1. The summed E-state index contributed by atoms with van der Waals surface area (Å²) in [5, 5.41) is 0. The lowest BCUT2D eigenvalue weighted by molar-refractivity contribution is 0.149. The molecule has 3 rings (SSSR count). The summed E-state index contributed by atoms with van der Waals surface area (Å²) in [4.78, 5) is 18.4. The smallest absolute Gasteiger partial charge is 0.354 e. The van der Waals surface area contributed by atoms with E-state index in [1.165, 1.54) is 28.5 Å². The molecule has 1 aromatic carbocycles. The Labute approximate surface area is 154 Å². The first kappa shape index (κ1) is 18.6. The topological polar surface area (TPSA) is 90.2 Å². The van der Waals surface area contributed by atoms with Crippen LogP contribution in [0, 0.1) is 6.92 Å². The highest BCUT2D eigenvalue weighted by molar-refractivity contribution is 5.41. The van der Waals surface area contributed by atoms with Gasteiger partial charge in [0.2, 0.25) is 0 Å². The lowest BCUT2D eigenvalue weighted by atomic mass is 9.90. The Kier molecular flexibility index (Phi) is 5.74. The van der Waals surface area contributed by atoms with E-state index in [1.54, 1.807) is 12.3 Å². The summed E-state index contributed by atoms with van der Waals surface area (Å²) < 4.78 is 1.52. The van der Waals surface area contributed by atoms with Gasteiger partial charge in [0, 0.05) is 24.8 Å². The van der Waals surface area contributed by atoms with E-state index in [1.807, 2.05) is 12.1 Å². The monoisotopic (exact) mass is 355 g/mol. The van der Waals surface area contributed by atoms with Crippen molar-refractivity contribution in [2.75, 3.05) is 12.3 Å². The summed E-state index contributed by atoms with van der Waals surface area (Å²) in [5.74, 6) is 0.241. The number of aryl methyl sites for hydroxylation is 1. The third-order valence-electron chi connectivity index (χ3n) is 5.47. The molecule has 0 aliphatic heterocycles. The number of aromatic nitrogens is 2. The Morgan fingerprint density at radius 3 is 2.58 bits per heavy atom. The van der Waals surface area contributed by atoms with Crippen molar-refractivity contribution in [2.24, 2.45) is 5.73 Å². The molecule has 26 heavy (non-hydrogen) atoms. The van der Waals surface area contributed by atoms with Gasteiger partial charge in [0.05, 0.1) is 5.69 Å². The van der Waals surface area contributed by atoms with E-state index in [0.29, 0.717) is 12.1 Å². The van der Waals surface area contributed by atoms with Crippen molar-refractivity contribution >= 4 is 5.82 Å². The van der Waals surface area contributed by atoms with E-state index in [0.717, 1.165) is 31.6 Å². The Morgan fingerprint density at radius 1 is 1.23 bits per heavy atom. The summed E-state index contributed by atoms with van der Waals surface area (Å²) in [6, 6.07) is 8.76. The summed E-state index contributed by atoms with van der Waals surface area (Å²) >= 11 is 0. The molecular weight excluding hydrogens is 326 g/mol. The highest BCUT2D eigenvalue weighted by Gasteiger charge is 2.23. The van der Waals surface area contributed by atoms with Crippen molar-refractivity contribution in [1.29, 1.82) is 0 Å². The number of hydrogen-bond acceptors (Lipinski definition) is 5. The third-order valence-corrected chi connectivity index (χ3v) is 5.47. The fraction of sp³-hybridized carbons (Fsp3) is 0.500. The van der Waals surface area contributed by atoms with Gasteiger partial charge in [-0.15, -0.1) is 0 Å². The first-order valence-corrected chi connectivity index (χ1v) is 9.42. The maximum atomic E-state index is 12.0. The molecule has 1 fully saturated rings. The van der Waals surface area contributed by atoms with E-state index in [2.05, 4.69) is 29.8 Å². The van der Waals surface area contributed by atoms with E-state index >= 15 is 0 Å². The molecule has 1 heterocycles. The van der Waals surface area contributed by atoms with E-state index in [9.17, 15) is 4.79 Å². The number of anilines is 1. The van der Waals surface area contributed by atoms with Gasteiger partial charge >= 0.3 is 5.69 Å². The second kappa shape index (κ2) is 8.01. The fourth-order valence-corrected chi connectivity index (χ4v) is 3.80. The molecule has 140 valence electrons. The van der Waals surface area contributed by atoms with Crippen molar-refractivity contribution in [3.63, 3.8) is 0 Å².